The first-order chi connectivity index (χ1) is 15.7. The standard InChI is InChI=1S/C25H28N2O4S/c1-30-20-13-11-18(12-14-20)17-27(25(29)22-10-6-16-32-22)23(21-9-5-15-31-21)24(28)26-19-7-3-2-4-8-19/h5-6,9-16,19,23H,2-4,7-8,17H2,1H3,(H,26,28)/t23-/m0/s1. The lowest BCUT2D eigenvalue weighted by Gasteiger charge is -2.32. The molecule has 0 spiro atoms. The van der Waals surface area contributed by atoms with E-state index in [2.05, 4.69) is 5.32 Å². The molecule has 1 aliphatic carbocycles. The highest BCUT2D eigenvalue weighted by Gasteiger charge is 2.35. The lowest BCUT2D eigenvalue weighted by molar-refractivity contribution is -0.127. The van der Waals surface area contributed by atoms with Gasteiger partial charge in [-0.15, -0.1) is 11.3 Å². The fourth-order valence-corrected chi connectivity index (χ4v) is 4.83. The van der Waals surface area contributed by atoms with Crippen LogP contribution in [0.1, 0.15) is 59.1 Å². The Morgan fingerprint density at radius 2 is 1.91 bits per heavy atom. The zero-order chi connectivity index (χ0) is 22.3. The van der Waals surface area contributed by atoms with Crippen molar-refractivity contribution in [2.75, 3.05) is 7.11 Å². The fraction of sp³-hybridized carbons (Fsp3) is 0.360. The second-order valence-corrected chi connectivity index (χ2v) is 8.97. The van der Waals surface area contributed by atoms with Crippen molar-refractivity contribution in [1.82, 2.24) is 10.2 Å². The second-order valence-electron chi connectivity index (χ2n) is 8.02. The normalized spacial score (nSPS) is 15.2. The van der Waals surface area contributed by atoms with Gasteiger partial charge in [-0.25, -0.2) is 0 Å². The van der Waals surface area contributed by atoms with Crippen LogP contribution in [0.15, 0.2) is 64.6 Å². The van der Waals surface area contributed by atoms with Crippen molar-refractivity contribution in [1.29, 1.82) is 0 Å². The van der Waals surface area contributed by atoms with Gasteiger partial charge in [-0.2, -0.15) is 0 Å². The number of nitrogens with zero attached hydrogens (tertiary/aromatic N) is 1. The van der Waals surface area contributed by atoms with Crippen LogP contribution in [-0.2, 0) is 11.3 Å². The monoisotopic (exact) mass is 452 g/mol. The van der Waals surface area contributed by atoms with E-state index in [1.54, 1.807) is 30.2 Å². The first-order valence-electron chi connectivity index (χ1n) is 11.0. The second kappa shape index (κ2) is 10.5. The van der Waals surface area contributed by atoms with Gasteiger partial charge in [-0.3, -0.25) is 9.59 Å². The molecule has 168 valence electrons. The molecule has 3 aromatic rings. The number of ether oxygens (including phenoxy) is 1. The van der Waals surface area contributed by atoms with Crippen LogP contribution >= 0.6 is 11.3 Å². The molecule has 1 aliphatic rings. The molecule has 2 heterocycles. The number of carbonyl (C=O) groups is 2. The maximum absolute atomic E-state index is 13.6. The van der Waals surface area contributed by atoms with E-state index in [1.807, 2.05) is 35.7 Å². The Morgan fingerprint density at radius 3 is 2.53 bits per heavy atom. The Bertz CT molecular complexity index is 993. The quantitative estimate of drug-likeness (QED) is 0.511. The summed E-state index contributed by atoms with van der Waals surface area (Å²) in [6.45, 7) is 0.268. The SMILES string of the molecule is COc1ccc(CN(C(=O)c2cccs2)[C@H](C(=O)NC2CCCCC2)c2ccco2)cc1. The zero-order valence-corrected chi connectivity index (χ0v) is 19.0. The molecule has 1 aromatic carbocycles. The minimum Gasteiger partial charge on any atom is -0.497 e. The Kier molecular flexibility index (Phi) is 7.27. The highest BCUT2D eigenvalue weighted by atomic mass is 32.1. The van der Waals surface area contributed by atoms with E-state index in [0.29, 0.717) is 10.6 Å². The molecule has 1 fully saturated rings. The number of nitrogens with one attached hydrogen (secondary N) is 1. The van der Waals surface area contributed by atoms with Crippen LogP contribution in [0, 0.1) is 0 Å². The summed E-state index contributed by atoms with van der Waals surface area (Å²) < 4.78 is 10.9. The fourth-order valence-electron chi connectivity index (χ4n) is 4.15. The van der Waals surface area contributed by atoms with Gasteiger partial charge >= 0.3 is 0 Å². The predicted octanol–water partition coefficient (Wildman–Crippen LogP) is 5.18. The van der Waals surface area contributed by atoms with Crippen molar-refractivity contribution in [3.8, 4) is 5.75 Å². The molecule has 4 rings (SSSR count). The average Bonchev–Trinajstić information content (AvgIpc) is 3.54. The molecule has 1 atom stereocenters. The van der Waals surface area contributed by atoms with Gasteiger partial charge < -0.3 is 19.4 Å². The van der Waals surface area contributed by atoms with Crippen LogP contribution in [0.5, 0.6) is 5.75 Å². The molecule has 6 nitrogen and oxygen atoms in total. The Balaban J connectivity index is 1.66. The summed E-state index contributed by atoms with van der Waals surface area (Å²) >= 11 is 1.36. The topological polar surface area (TPSA) is 71.8 Å². The van der Waals surface area contributed by atoms with Gasteiger partial charge in [0.25, 0.3) is 11.8 Å². The van der Waals surface area contributed by atoms with Gasteiger partial charge in [0.1, 0.15) is 11.5 Å². The van der Waals surface area contributed by atoms with Crippen molar-refractivity contribution in [2.45, 2.75) is 50.7 Å². The number of methoxy groups -OCH3 is 1. The summed E-state index contributed by atoms with van der Waals surface area (Å²) in [7, 11) is 1.62. The number of benzene rings is 1. The largest absolute Gasteiger partial charge is 0.497 e. The number of hydrogen-bond acceptors (Lipinski definition) is 5. The third-order valence-electron chi connectivity index (χ3n) is 5.83. The van der Waals surface area contributed by atoms with Gasteiger partial charge in [0.15, 0.2) is 6.04 Å². The third kappa shape index (κ3) is 5.22. The molecule has 32 heavy (non-hydrogen) atoms. The van der Waals surface area contributed by atoms with E-state index in [4.69, 9.17) is 9.15 Å². The average molecular weight is 453 g/mol. The van der Waals surface area contributed by atoms with Gasteiger partial charge in [0, 0.05) is 12.6 Å². The van der Waals surface area contributed by atoms with Crippen LogP contribution in [0.3, 0.4) is 0 Å². The molecule has 0 radical (unpaired) electrons. The number of hydrogen-bond donors (Lipinski definition) is 1. The van der Waals surface area contributed by atoms with E-state index in [9.17, 15) is 9.59 Å². The minimum atomic E-state index is -0.858. The molecule has 2 aromatic heterocycles. The molecule has 2 amide bonds. The molecule has 1 saturated carbocycles. The van der Waals surface area contributed by atoms with Crippen LogP contribution in [0.2, 0.25) is 0 Å². The first kappa shape index (κ1) is 22.1. The van der Waals surface area contributed by atoms with E-state index < -0.39 is 6.04 Å². The molecule has 0 bridgehead atoms. The number of amides is 2. The zero-order valence-electron chi connectivity index (χ0n) is 18.2. The van der Waals surface area contributed by atoms with E-state index >= 15 is 0 Å². The summed E-state index contributed by atoms with van der Waals surface area (Å²) in [6.07, 6.45) is 6.90. The van der Waals surface area contributed by atoms with Crippen molar-refractivity contribution in [3.05, 3.63) is 76.4 Å². The number of furan rings is 1. The van der Waals surface area contributed by atoms with Gasteiger partial charge in [0.2, 0.25) is 0 Å². The number of thiophene rings is 1. The van der Waals surface area contributed by atoms with Crippen LogP contribution < -0.4 is 10.1 Å². The summed E-state index contributed by atoms with van der Waals surface area (Å²) in [5.41, 5.74) is 0.901. The molecule has 1 N–H and O–H groups in total. The smallest absolute Gasteiger partial charge is 0.265 e. The summed E-state index contributed by atoms with van der Waals surface area (Å²) in [6, 6.07) is 13.9. The third-order valence-corrected chi connectivity index (χ3v) is 6.69. The Morgan fingerprint density at radius 1 is 1.12 bits per heavy atom. The highest BCUT2D eigenvalue weighted by molar-refractivity contribution is 7.12. The van der Waals surface area contributed by atoms with E-state index in [0.717, 1.165) is 37.0 Å². The molecular weight excluding hydrogens is 424 g/mol. The maximum Gasteiger partial charge on any atom is 0.265 e. The maximum atomic E-state index is 13.6. The van der Waals surface area contributed by atoms with Gasteiger partial charge in [-0.05, 0) is 54.1 Å². The lowest BCUT2D eigenvalue weighted by Crippen LogP contribution is -2.46. The van der Waals surface area contributed by atoms with Crippen LogP contribution in [0.25, 0.3) is 0 Å². The first-order valence-corrected chi connectivity index (χ1v) is 11.8. The molecule has 0 aliphatic heterocycles. The molecule has 7 heteroatoms. The van der Waals surface area contributed by atoms with Crippen molar-refractivity contribution in [3.63, 3.8) is 0 Å². The van der Waals surface area contributed by atoms with Crippen molar-refractivity contribution in [2.24, 2.45) is 0 Å². The number of rotatable bonds is 8. The lowest BCUT2D eigenvalue weighted by atomic mass is 9.95. The van der Waals surface area contributed by atoms with Gasteiger partial charge in [-0.1, -0.05) is 37.5 Å². The molecular formula is C25H28N2O4S. The van der Waals surface area contributed by atoms with E-state index in [1.165, 1.54) is 24.0 Å². The summed E-state index contributed by atoms with van der Waals surface area (Å²) in [4.78, 5) is 29.3. The summed E-state index contributed by atoms with van der Waals surface area (Å²) in [5.74, 6) is 0.792. The molecule has 0 saturated heterocycles. The van der Waals surface area contributed by atoms with Crippen LogP contribution in [0.4, 0.5) is 0 Å². The number of carbonyl (C=O) groups excluding carboxylic acids is 2. The Labute approximate surface area is 192 Å². The van der Waals surface area contributed by atoms with Gasteiger partial charge in [0.05, 0.1) is 18.3 Å². The minimum absolute atomic E-state index is 0.133. The summed E-state index contributed by atoms with van der Waals surface area (Å²) in [5, 5.41) is 5.05. The molecule has 0 unspecified atom stereocenters. The predicted molar refractivity (Wildman–Crippen MR) is 124 cm³/mol. The van der Waals surface area contributed by atoms with E-state index in [-0.39, 0.29) is 24.4 Å². The van der Waals surface area contributed by atoms with Crippen molar-refractivity contribution >= 4 is 23.2 Å². The van der Waals surface area contributed by atoms with Crippen LogP contribution in [-0.4, -0.2) is 29.9 Å². The van der Waals surface area contributed by atoms with Crippen molar-refractivity contribution < 1.29 is 18.7 Å². The highest BCUT2D eigenvalue weighted by Crippen LogP contribution is 2.29. The Hall–Kier alpha value is -3.06.